The van der Waals surface area contributed by atoms with Crippen molar-refractivity contribution >= 4 is 40.1 Å². The fourth-order valence-corrected chi connectivity index (χ4v) is 2.18. The van der Waals surface area contributed by atoms with Gasteiger partial charge in [0, 0.05) is 17.8 Å². The molecule has 0 atom stereocenters. The topological polar surface area (TPSA) is 122 Å². The van der Waals surface area contributed by atoms with Crippen LogP contribution in [0.3, 0.4) is 0 Å². The van der Waals surface area contributed by atoms with E-state index < -0.39 is 44.5 Å². The second-order valence-corrected chi connectivity index (χ2v) is 5.52. The standard InChI is InChI=1S/C14H9F4N5O4S/c15-8-1-3-9(4-2-8)19-13(28)21-20-12-10(22(24)25)5-7(14(16,17)18)6-11(12)23(26)27/h1-6,20H,(H2,19,21,28). The van der Waals surface area contributed by atoms with Gasteiger partial charge in [0.2, 0.25) is 5.69 Å². The zero-order chi connectivity index (χ0) is 21.1. The number of nitrogens with one attached hydrogen (secondary N) is 3. The van der Waals surface area contributed by atoms with Gasteiger partial charge in [0.15, 0.2) is 5.11 Å². The lowest BCUT2D eigenvalue weighted by Gasteiger charge is -2.14. The van der Waals surface area contributed by atoms with Crippen LogP contribution >= 0.6 is 12.2 Å². The largest absolute Gasteiger partial charge is 0.416 e. The summed E-state index contributed by atoms with van der Waals surface area (Å²) in [4.78, 5) is 19.8. The molecule has 0 bridgehead atoms. The maximum atomic E-state index is 12.9. The maximum Gasteiger partial charge on any atom is 0.416 e. The number of alkyl halides is 3. The van der Waals surface area contributed by atoms with Gasteiger partial charge in [-0.05, 0) is 36.5 Å². The van der Waals surface area contributed by atoms with Gasteiger partial charge in [-0.2, -0.15) is 13.2 Å². The predicted molar refractivity (Wildman–Crippen MR) is 94.1 cm³/mol. The molecule has 0 radical (unpaired) electrons. The molecule has 0 saturated carbocycles. The van der Waals surface area contributed by atoms with Gasteiger partial charge >= 0.3 is 17.6 Å². The van der Waals surface area contributed by atoms with E-state index in [1.807, 2.05) is 0 Å². The molecular weight excluding hydrogens is 410 g/mol. The fraction of sp³-hybridized carbons (Fsp3) is 0.0714. The van der Waals surface area contributed by atoms with Gasteiger partial charge in [0.05, 0.1) is 15.4 Å². The first-order chi connectivity index (χ1) is 13.0. The molecule has 3 N–H and O–H groups in total. The Kier molecular flexibility index (Phi) is 5.93. The SMILES string of the molecule is O=[N+]([O-])c1cc(C(F)(F)F)cc([N+](=O)[O-])c1NNC(=S)Nc1ccc(F)cc1. The number of hydrazine groups is 1. The molecule has 0 aliphatic heterocycles. The second kappa shape index (κ2) is 7.99. The summed E-state index contributed by atoms with van der Waals surface area (Å²) in [6.07, 6.45) is -5.03. The van der Waals surface area contributed by atoms with Crippen LogP contribution < -0.4 is 16.2 Å². The molecule has 2 aromatic rings. The molecule has 0 saturated heterocycles. The quantitative estimate of drug-likeness (QED) is 0.288. The van der Waals surface area contributed by atoms with E-state index in [0.717, 1.165) is 12.1 Å². The summed E-state index contributed by atoms with van der Waals surface area (Å²) in [6.45, 7) is 0. The Morgan fingerprint density at radius 3 is 1.93 bits per heavy atom. The highest BCUT2D eigenvalue weighted by Crippen LogP contribution is 2.40. The van der Waals surface area contributed by atoms with Crippen LogP contribution in [0.25, 0.3) is 0 Å². The van der Waals surface area contributed by atoms with Crippen LogP contribution in [0.15, 0.2) is 36.4 Å². The van der Waals surface area contributed by atoms with Crippen LogP contribution in [0.1, 0.15) is 5.56 Å². The van der Waals surface area contributed by atoms with Gasteiger partial charge in [0.1, 0.15) is 5.82 Å². The molecule has 0 spiro atoms. The number of nitro groups is 2. The zero-order valence-corrected chi connectivity index (χ0v) is 14.2. The summed E-state index contributed by atoms with van der Waals surface area (Å²) in [6, 6.07) is 5.17. The summed E-state index contributed by atoms with van der Waals surface area (Å²) >= 11 is 4.87. The van der Waals surface area contributed by atoms with Crippen LogP contribution in [0, 0.1) is 26.0 Å². The summed E-state index contributed by atoms with van der Waals surface area (Å²) < 4.78 is 51.4. The molecule has 148 valence electrons. The molecule has 14 heteroatoms. The number of hydrogen-bond acceptors (Lipinski definition) is 6. The number of nitro benzene ring substituents is 2. The molecule has 28 heavy (non-hydrogen) atoms. The molecular formula is C14H9F4N5O4S. The Bertz CT molecular complexity index is 901. The number of nitrogens with zero attached hydrogens (tertiary/aromatic N) is 2. The lowest BCUT2D eigenvalue weighted by atomic mass is 10.1. The van der Waals surface area contributed by atoms with Crippen molar-refractivity contribution in [2.45, 2.75) is 6.18 Å². The van der Waals surface area contributed by atoms with Crippen molar-refractivity contribution in [1.29, 1.82) is 0 Å². The van der Waals surface area contributed by atoms with E-state index >= 15 is 0 Å². The average molecular weight is 419 g/mol. The van der Waals surface area contributed by atoms with E-state index in [9.17, 15) is 37.8 Å². The van der Waals surface area contributed by atoms with Gasteiger partial charge in [-0.25, -0.2) is 4.39 Å². The first kappa shape index (κ1) is 20.8. The maximum absolute atomic E-state index is 12.9. The second-order valence-electron chi connectivity index (χ2n) is 5.11. The monoisotopic (exact) mass is 419 g/mol. The Balaban J connectivity index is 2.30. The summed E-state index contributed by atoms with van der Waals surface area (Å²) in [5, 5.41) is 24.5. The van der Waals surface area contributed by atoms with E-state index in [2.05, 4.69) is 16.2 Å². The molecule has 0 aromatic heterocycles. The summed E-state index contributed by atoms with van der Waals surface area (Å²) in [5.41, 5.74) is -0.153. The third kappa shape index (κ3) is 5.00. The molecule has 0 fully saturated rings. The highest BCUT2D eigenvalue weighted by atomic mass is 32.1. The number of rotatable bonds is 5. The molecule has 0 unspecified atom stereocenters. The Hall–Kier alpha value is -3.55. The van der Waals surface area contributed by atoms with E-state index in [1.165, 1.54) is 12.1 Å². The highest BCUT2D eigenvalue weighted by Gasteiger charge is 2.37. The molecule has 9 nitrogen and oxygen atoms in total. The predicted octanol–water partition coefficient (Wildman–Crippen LogP) is 3.97. The Morgan fingerprint density at radius 1 is 1.00 bits per heavy atom. The summed E-state index contributed by atoms with van der Waals surface area (Å²) in [7, 11) is 0. The molecule has 0 aliphatic carbocycles. The number of hydrogen-bond donors (Lipinski definition) is 3. The van der Waals surface area contributed by atoms with E-state index in [-0.39, 0.29) is 17.2 Å². The van der Waals surface area contributed by atoms with Crippen molar-refractivity contribution in [1.82, 2.24) is 5.43 Å². The van der Waals surface area contributed by atoms with Crippen molar-refractivity contribution in [3.05, 3.63) is 68.0 Å². The van der Waals surface area contributed by atoms with Crippen molar-refractivity contribution in [2.24, 2.45) is 0 Å². The van der Waals surface area contributed by atoms with E-state index in [0.29, 0.717) is 5.69 Å². The number of anilines is 2. The normalized spacial score (nSPS) is 10.9. The summed E-state index contributed by atoms with van der Waals surface area (Å²) in [5.74, 6) is -0.515. The van der Waals surface area contributed by atoms with Gasteiger partial charge in [0.25, 0.3) is 0 Å². The highest BCUT2D eigenvalue weighted by molar-refractivity contribution is 7.80. The molecule has 2 aromatic carbocycles. The van der Waals surface area contributed by atoms with Crippen LogP contribution in [0.4, 0.5) is 40.3 Å². The molecule has 0 aliphatic rings. The average Bonchev–Trinajstić information content (AvgIpc) is 2.60. The lowest BCUT2D eigenvalue weighted by molar-refractivity contribution is -0.392. The van der Waals surface area contributed by atoms with Gasteiger partial charge in [-0.15, -0.1) is 0 Å². The van der Waals surface area contributed by atoms with Crippen LogP contribution in [0.2, 0.25) is 0 Å². The smallest absolute Gasteiger partial charge is 0.331 e. The Labute approximate surface area is 158 Å². The number of benzene rings is 2. The number of thiocarbonyl (C=S) groups is 1. The molecule has 2 rings (SSSR count). The van der Waals surface area contributed by atoms with Crippen LogP contribution in [-0.4, -0.2) is 15.0 Å². The van der Waals surface area contributed by atoms with Gasteiger partial charge in [-0.3, -0.25) is 31.1 Å². The van der Waals surface area contributed by atoms with E-state index in [1.54, 1.807) is 0 Å². The minimum Gasteiger partial charge on any atom is -0.331 e. The van der Waals surface area contributed by atoms with Crippen molar-refractivity contribution < 1.29 is 27.4 Å². The van der Waals surface area contributed by atoms with Crippen molar-refractivity contribution in [3.8, 4) is 0 Å². The fourth-order valence-electron chi connectivity index (χ4n) is 2.01. The Morgan fingerprint density at radius 2 is 1.50 bits per heavy atom. The first-order valence-electron chi connectivity index (χ1n) is 7.11. The molecule has 0 heterocycles. The van der Waals surface area contributed by atoms with Crippen molar-refractivity contribution in [3.63, 3.8) is 0 Å². The zero-order valence-electron chi connectivity index (χ0n) is 13.4. The number of halogens is 4. The third-order valence-corrected chi connectivity index (χ3v) is 3.42. The lowest BCUT2D eigenvalue weighted by Crippen LogP contribution is -2.34. The van der Waals surface area contributed by atoms with Gasteiger partial charge < -0.3 is 5.32 Å². The van der Waals surface area contributed by atoms with Crippen molar-refractivity contribution in [2.75, 3.05) is 10.7 Å². The van der Waals surface area contributed by atoms with Gasteiger partial charge in [-0.1, -0.05) is 0 Å². The van der Waals surface area contributed by atoms with Crippen LogP contribution in [0.5, 0.6) is 0 Å². The van der Waals surface area contributed by atoms with E-state index in [4.69, 9.17) is 12.2 Å². The third-order valence-electron chi connectivity index (χ3n) is 3.22. The minimum atomic E-state index is -5.03. The van der Waals surface area contributed by atoms with Crippen LogP contribution in [-0.2, 0) is 6.18 Å². The minimum absolute atomic E-state index is 0.160. The molecule has 0 amide bonds. The first-order valence-corrected chi connectivity index (χ1v) is 7.52.